The number of benzene rings is 1. The van der Waals surface area contributed by atoms with Gasteiger partial charge in [0.05, 0.1) is 0 Å². The van der Waals surface area contributed by atoms with Crippen molar-refractivity contribution in [3.05, 3.63) is 65.9 Å². The third-order valence-electron chi connectivity index (χ3n) is 5.75. The van der Waals surface area contributed by atoms with Crippen molar-refractivity contribution >= 4 is 23.4 Å². The highest BCUT2D eigenvalue weighted by Gasteiger charge is 2.37. The normalized spacial score (nSPS) is 18.3. The maximum Gasteiger partial charge on any atom is 0.253 e. The van der Waals surface area contributed by atoms with E-state index in [2.05, 4.69) is 22.2 Å². The lowest BCUT2D eigenvalue weighted by Gasteiger charge is -2.39. The van der Waals surface area contributed by atoms with Crippen LogP contribution < -0.4 is 10.2 Å². The molecule has 8 heteroatoms. The Morgan fingerprint density at radius 2 is 1.91 bits per heavy atom. The second-order valence-corrected chi connectivity index (χ2v) is 8.75. The van der Waals surface area contributed by atoms with E-state index in [-0.39, 0.29) is 11.3 Å². The molecule has 8 nitrogen and oxygen atoms in total. The number of carbonyl (C=O) groups excluding carboxylic acids is 1. The predicted molar refractivity (Wildman–Crippen MR) is 125 cm³/mol. The monoisotopic (exact) mass is 431 g/mol. The van der Waals surface area contributed by atoms with Gasteiger partial charge in [0.2, 0.25) is 5.95 Å². The molecule has 0 radical (unpaired) electrons. The van der Waals surface area contributed by atoms with Gasteiger partial charge in [-0.3, -0.25) is 4.79 Å². The summed E-state index contributed by atoms with van der Waals surface area (Å²) in [6.07, 6.45) is 5.20. The zero-order valence-corrected chi connectivity index (χ0v) is 19.0. The molecule has 1 atom stereocenters. The number of nitrogens with zero attached hydrogens (tertiary/aromatic N) is 6. The molecule has 0 spiro atoms. The number of aromatic nitrogens is 4. The molecule has 1 aliphatic rings. The Morgan fingerprint density at radius 3 is 2.66 bits per heavy atom. The van der Waals surface area contributed by atoms with E-state index in [9.17, 15) is 4.79 Å². The lowest BCUT2D eigenvalue weighted by molar-refractivity contribution is 0.0644. The van der Waals surface area contributed by atoms with Crippen LogP contribution in [-0.4, -0.2) is 57.9 Å². The Balaban J connectivity index is 1.55. The molecule has 2 aromatic heterocycles. The summed E-state index contributed by atoms with van der Waals surface area (Å²) in [5, 5.41) is 3.15. The van der Waals surface area contributed by atoms with E-state index in [1.165, 1.54) is 0 Å². The van der Waals surface area contributed by atoms with Crippen LogP contribution in [0.2, 0.25) is 0 Å². The largest absolute Gasteiger partial charge is 0.363 e. The van der Waals surface area contributed by atoms with Crippen molar-refractivity contribution in [1.29, 1.82) is 0 Å². The van der Waals surface area contributed by atoms with Crippen LogP contribution in [0.3, 0.4) is 0 Å². The van der Waals surface area contributed by atoms with E-state index >= 15 is 0 Å². The van der Waals surface area contributed by atoms with E-state index in [1.807, 2.05) is 61.2 Å². The van der Waals surface area contributed by atoms with Gasteiger partial charge in [-0.2, -0.15) is 0 Å². The van der Waals surface area contributed by atoms with E-state index in [0.717, 1.165) is 42.4 Å². The first kappa shape index (κ1) is 21.7. The van der Waals surface area contributed by atoms with Gasteiger partial charge >= 0.3 is 0 Å². The predicted octanol–water partition coefficient (Wildman–Crippen LogP) is 3.58. The van der Waals surface area contributed by atoms with Crippen molar-refractivity contribution < 1.29 is 4.79 Å². The number of hydrogen-bond donors (Lipinski definition) is 1. The summed E-state index contributed by atoms with van der Waals surface area (Å²) >= 11 is 0. The van der Waals surface area contributed by atoms with Crippen molar-refractivity contribution in [2.75, 3.05) is 37.4 Å². The van der Waals surface area contributed by atoms with Gasteiger partial charge in [0.1, 0.15) is 11.6 Å². The molecule has 4 rings (SSSR count). The summed E-state index contributed by atoms with van der Waals surface area (Å²) in [5.41, 5.74) is 2.05. The molecule has 3 heterocycles. The summed E-state index contributed by atoms with van der Waals surface area (Å²) in [4.78, 5) is 35.2. The van der Waals surface area contributed by atoms with Gasteiger partial charge in [-0.25, -0.2) is 19.9 Å². The van der Waals surface area contributed by atoms with Crippen molar-refractivity contribution in [1.82, 2.24) is 24.8 Å². The molecule has 1 saturated heterocycles. The first-order valence-corrected chi connectivity index (χ1v) is 10.8. The van der Waals surface area contributed by atoms with E-state index < -0.39 is 0 Å². The van der Waals surface area contributed by atoms with Crippen molar-refractivity contribution in [2.24, 2.45) is 0 Å². The number of likely N-dealkylation sites (tertiary alicyclic amines) is 1. The van der Waals surface area contributed by atoms with E-state index in [4.69, 9.17) is 9.97 Å². The maximum absolute atomic E-state index is 13.4. The molecule has 0 unspecified atom stereocenters. The Hall–Kier alpha value is -3.55. The second-order valence-electron chi connectivity index (χ2n) is 8.75. The Labute approximate surface area is 188 Å². The highest BCUT2D eigenvalue weighted by atomic mass is 16.2. The van der Waals surface area contributed by atoms with Crippen LogP contribution in [-0.2, 0) is 5.41 Å². The number of piperidine rings is 1. The SMILES string of the molecule is Cc1cc(N(C)C)nc([C@]2(C)CCCN(C(=O)c3cccc(Nc4ncccn4)c3)C2)n1. The molecule has 3 aromatic rings. The summed E-state index contributed by atoms with van der Waals surface area (Å²) < 4.78 is 0. The number of amides is 1. The van der Waals surface area contributed by atoms with Crippen LogP contribution in [0.1, 0.15) is 41.6 Å². The summed E-state index contributed by atoms with van der Waals surface area (Å²) in [6.45, 7) is 5.45. The van der Waals surface area contributed by atoms with E-state index in [0.29, 0.717) is 18.1 Å². The van der Waals surface area contributed by atoms with Crippen LogP contribution in [0.5, 0.6) is 0 Å². The summed E-state index contributed by atoms with van der Waals surface area (Å²) in [7, 11) is 3.96. The third kappa shape index (κ3) is 4.69. The van der Waals surface area contributed by atoms with Gasteiger partial charge in [0.25, 0.3) is 5.91 Å². The second kappa shape index (κ2) is 8.90. The molecule has 32 heavy (non-hydrogen) atoms. The topological polar surface area (TPSA) is 87.1 Å². The molecular weight excluding hydrogens is 402 g/mol. The number of carbonyl (C=O) groups is 1. The molecule has 1 fully saturated rings. The minimum atomic E-state index is -0.293. The third-order valence-corrected chi connectivity index (χ3v) is 5.75. The average molecular weight is 432 g/mol. The van der Waals surface area contributed by atoms with Gasteiger partial charge < -0.3 is 15.1 Å². The van der Waals surface area contributed by atoms with Gasteiger partial charge in [-0.15, -0.1) is 0 Å². The molecule has 1 aliphatic heterocycles. The molecular formula is C24H29N7O. The van der Waals surface area contributed by atoms with Gasteiger partial charge in [-0.05, 0) is 44.0 Å². The van der Waals surface area contributed by atoms with Crippen molar-refractivity contribution in [3.63, 3.8) is 0 Å². The average Bonchev–Trinajstić information content (AvgIpc) is 2.79. The fourth-order valence-corrected chi connectivity index (χ4v) is 4.05. The van der Waals surface area contributed by atoms with Gasteiger partial charge in [0.15, 0.2) is 0 Å². The first-order chi connectivity index (χ1) is 15.3. The van der Waals surface area contributed by atoms with Crippen LogP contribution in [0.15, 0.2) is 48.8 Å². The number of nitrogens with one attached hydrogen (secondary N) is 1. The summed E-state index contributed by atoms with van der Waals surface area (Å²) in [5.74, 6) is 2.19. The van der Waals surface area contributed by atoms with Crippen LogP contribution in [0.25, 0.3) is 0 Å². The number of aryl methyl sites for hydroxylation is 1. The minimum Gasteiger partial charge on any atom is -0.363 e. The first-order valence-electron chi connectivity index (χ1n) is 10.8. The van der Waals surface area contributed by atoms with Crippen LogP contribution in [0.4, 0.5) is 17.5 Å². The smallest absolute Gasteiger partial charge is 0.253 e. The highest BCUT2D eigenvalue weighted by Crippen LogP contribution is 2.33. The number of rotatable bonds is 5. The van der Waals surface area contributed by atoms with Crippen molar-refractivity contribution in [2.45, 2.75) is 32.1 Å². The lowest BCUT2D eigenvalue weighted by atomic mass is 9.80. The molecule has 0 saturated carbocycles. The molecule has 166 valence electrons. The van der Waals surface area contributed by atoms with Crippen LogP contribution in [0, 0.1) is 6.92 Å². The maximum atomic E-state index is 13.4. The fraction of sp³-hybridized carbons (Fsp3) is 0.375. The Kier molecular flexibility index (Phi) is 6.03. The highest BCUT2D eigenvalue weighted by molar-refractivity contribution is 5.95. The van der Waals surface area contributed by atoms with Crippen molar-refractivity contribution in [3.8, 4) is 0 Å². The fourth-order valence-electron chi connectivity index (χ4n) is 4.05. The Bertz CT molecular complexity index is 1100. The summed E-state index contributed by atoms with van der Waals surface area (Å²) in [6, 6.07) is 11.2. The zero-order chi connectivity index (χ0) is 22.7. The molecule has 0 aliphatic carbocycles. The molecule has 1 amide bonds. The van der Waals surface area contributed by atoms with Gasteiger partial charge in [-0.1, -0.05) is 13.0 Å². The minimum absolute atomic E-state index is 0.00837. The lowest BCUT2D eigenvalue weighted by Crippen LogP contribution is -2.48. The molecule has 1 N–H and O–H groups in total. The van der Waals surface area contributed by atoms with Gasteiger partial charge in [0, 0.05) is 68.0 Å². The van der Waals surface area contributed by atoms with E-state index in [1.54, 1.807) is 18.5 Å². The molecule has 0 bridgehead atoms. The number of hydrogen-bond acceptors (Lipinski definition) is 7. The standard InChI is InChI=1S/C24H29N7O/c1-17-14-20(30(3)4)29-22(27-17)24(2)10-6-13-31(16-24)21(32)18-8-5-9-19(15-18)28-23-25-11-7-12-26-23/h5,7-9,11-12,14-15H,6,10,13,16H2,1-4H3,(H,25,26,28)/t24-/m1/s1. The van der Waals surface area contributed by atoms with Crippen LogP contribution >= 0.6 is 0 Å². The quantitative estimate of drug-likeness (QED) is 0.661. The molecule has 1 aromatic carbocycles. The zero-order valence-electron chi connectivity index (χ0n) is 19.0. The number of anilines is 3. The Morgan fingerprint density at radius 1 is 1.12 bits per heavy atom.